The van der Waals surface area contributed by atoms with Gasteiger partial charge in [-0.1, -0.05) is 5.57 Å². The van der Waals surface area contributed by atoms with Crippen molar-refractivity contribution in [3.05, 3.63) is 11.6 Å². The third-order valence-electron chi connectivity index (χ3n) is 2.50. The molecule has 0 bridgehead atoms. The number of aliphatic carboxylic acids is 1. The second kappa shape index (κ2) is 5.78. The average Bonchev–Trinajstić information content (AvgIpc) is 2.04. The van der Waals surface area contributed by atoms with Crippen LogP contribution in [0.15, 0.2) is 11.6 Å². The number of carboxylic acid groups (broad SMARTS) is 1. The van der Waals surface area contributed by atoms with Gasteiger partial charge in [0.2, 0.25) is 0 Å². The van der Waals surface area contributed by atoms with E-state index in [0.29, 0.717) is 6.04 Å². The molecule has 1 fully saturated rings. The molecule has 4 nitrogen and oxygen atoms in total. The zero-order valence-electron chi connectivity index (χ0n) is 8.79. The summed E-state index contributed by atoms with van der Waals surface area (Å²) >= 11 is 0. The molecule has 0 unspecified atom stereocenters. The molecular formula is C10H19NO3. The lowest BCUT2D eigenvalue weighted by Gasteiger charge is -2.31. The maximum atomic E-state index is 10.4. The van der Waals surface area contributed by atoms with Crippen molar-refractivity contribution in [2.24, 2.45) is 0 Å². The minimum atomic E-state index is -0.812. The number of piperidine rings is 1. The van der Waals surface area contributed by atoms with Crippen molar-refractivity contribution in [2.75, 3.05) is 13.1 Å². The summed E-state index contributed by atoms with van der Waals surface area (Å²) in [7, 11) is 0. The van der Waals surface area contributed by atoms with E-state index in [4.69, 9.17) is 5.11 Å². The first-order valence-electron chi connectivity index (χ1n) is 4.76. The van der Waals surface area contributed by atoms with Crippen molar-refractivity contribution < 1.29 is 15.4 Å². The third-order valence-corrected chi connectivity index (χ3v) is 2.50. The lowest BCUT2D eigenvalue weighted by atomic mass is 10.0. The summed E-state index contributed by atoms with van der Waals surface area (Å²) in [4.78, 5) is 12.8. The van der Waals surface area contributed by atoms with Crippen molar-refractivity contribution in [3.8, 4) is 0 Å². The molecule has 0 aromatic rings. The van der Waals surface area contributed by atoms with Crippen LogP contribution in [0.5, 0.6) is 0 Å². The number of carboxylic acids is 1. The van der Waals surface area contributed by atoms with Crippen LogP contribution in [0.25, 0.3) is 0 Å². The molecule has 3 N–H and O–H groups in total. The van der Waals surface area contributed by atoms with E-state index in [1.807, 2.05) is 0 Å². The summed E-state index contributed by atoms with van der Waals surface area (Å²) in [6, 6.07) is 0.575. The Morgan fingerprint density at radius 3 is 2.29 bits per heavy atom. The topological polar surface area (TPSA) is 72.0 Å². The molecule has 0 aromatic carbocycles. The number of hydrogen-bond donors (Lipinski definition) is 1. The lowest BCUT2D eigenvalue weighted by Crippen LogP contribution is -2.36. The number of likely N-dealkylation sites (tertiary alicyclic amines) is 1. The Kier molecular flexibility index (Phi) is 5.42. The summed E-state index contributed by atoms with van der Waals surface area (Å²) in [6.45, 7) is 6.34. The van der Waals surface area contributed by atoms with Crippen LogP contribution < -0.4 is 0 Å². The standard InChI is InChI=1S/C10H17NO2.H2O/c1-8(2)11-5-3-9(4-6-11)7-10(12)13;/h7-8H,3-6H2,1-2H3,(H,12,13);1H2. The molecule has 0 aromatic heterocycles. The molecule has 0 spiro atoms. The minimum Gasteiger partial charge on any atom is -0.478 e. The second-order valence-electron chi connectivity index (χ2n) is 3.77. The molecule has 1 rings (SSSR count). The van der Waals surface area contributed by atoms with E-state index in [-0.39, 0.29) is 5.48 Å². The molecule has 1 aliphatic rings. The summed E-state index contributed by atoms with van der Waals surface area (Å²) in [5, 5.41) is 8.55. The average molecular weight is 201 g/mol. The van der Waals surface area contributed by atoms with E-state index in [1.54, 1.807) is 0 Å². The van der Waals surface area contributed by atoms with Crippen LogP contribution in [0.2, 0.25) is 0 Å². The van der Waals surface area contributed by atoms with E-state index in [1.165, 1.54) is 6.08 Å². The van der Waals surface area contributed by atoms with Crippen LogP contribution in [0.4, 0.5) is 0 Å². The first kappa shape index (κ1) is 13.1. The Balaban J connectivity index is 0.00000169. The number of carbonyl (C=O) groups is 1. The van der Waals surface area contributed by atoms with Crippen molar-refractivity contribution in [1.82, 2.24) is 4.90 Å². The summed E-state index contributed by atoms with van der Waals surface area (Å²) in [5.41, 5.74) is 1.07. The molecule has 1 aliphatic heterocycles. The van der Waals surface area contributed by atoms with Crippen LogP contribution in [0.3, 0.4) is 0 Å². The first-order chi connectivity index (χ1) is 6.09. The number of hydrogen-bond acceptors (Lipinski definition) is 2. The zero-order valence-corrected chi connectivity index (χ0v) is 8.79. The molecular weight excluding hydrogens is 182 g/mol. The largest absolute Gasteiger partial charge is 0.478 e. The fourth-order valence-electron chi connectivity index (χ4n) is 1.65. The summed E-state index contributed by atoms with van der Waals surface area (Å²) in [5.74, 6) is -0.812. The zero-order chi connectivity index (χ0) is 9.84. The molecule has 82 valence electrons. The van der Waals surface area contributed by atoms with E-state index in [9.17, 15) is 4.79 Å². The van der Waals surface area contributed by atoms with Gasteiger partial charge in [0.05, 0.1) is 0 Å². The molecule has 1 saturated heterocycles. The molecule has 0 radical (unpaired) electrons. The smallest absolute Gasteiger partial charge is 0.328 e. The van der Waals surface area contributed by atoms with E-state index >= 15 is 0 Å². The van der Waals surface area contributed by atoms with Crippen molar-refractivity contribution in [1.29, 1.82) is 0 Å². The van der Waals surface area contributed by atoms with Gasteiger partial charge in [-0.2, -0.15) is 0 Å². The maximum Gasteiger partial charge on any atom is 0.328 e. The quantitative estimate of drug-likeness (QED) is 0.668. The van der Waals surface area contributed by atoms with E-state index in [2.05, 4.69) is 18.7 Å². The molecule has 0 saturated carbocycles. The van der Waals surface area contributed by atoms with Gasteiger partial charge in [0.25, 0.3) is 0 Å². The molecule has 0 aliphatic carbocycles. The van der Waals surface area contributed by atoms with E-state index < -0.39 is 5.97 Å². The van der Waals surface area contributed by atoms with E-state index in [0.717, 1.165) is 31.5 Å². The van der Waals surface area contributed by atoms with Crippen LogP contribution in [-0.4, -0.2) is 40.6 Å². The van der Waals surface area contributed by atoms with Gasteiger partial charge in [-0.05, 0) is 26.7 Å². The first-order valence-corrected chi connectivity index (χ1v) is 4.76. The number of nitrogens with zero attached hydrogens (tertiary/aromatic N) is 1. The molecule has 0 amide bonds. The SMILES string of the molecule is CC(C)N1CCC(=CC(=O)O)CC1.O. The van der Waals surface area contributed by atoms with Crippen molar-refractivity contribution in [3.63, 3.8) is 0 Å². The minimum absolute atomic E-state index is 0. The Hall–Kier alpha value is -0.870. The highest BCUT2D eigenvalue weighted by atomic mass is 16.4. The van der Waals surface area contributed by atoms with Crippen LogP contribution in [0.1, 0.15) is 26.7 Å². The van der Waals surface area contributed by atoms with Crippen LogP contribution in [0, 0.1) is 0 Å². The number of rotatable bonds is 2. The second-order valence-corrected chi connectivity index (χ2v) is 3.77. The Morgan fingerprint density at radius 1 is 1.43 bits per heavy atom. The molecule has 0 atom stereocenters. The predicted molar refractivity (Wildman–Crippen MR) is 55.3 cm³/mol. The predicted octanol–water partition coefficient (Wildman–Crippen LogP) is 0.677. The molecule has 4 heteroatoms. The van der Waals surface area contributed by atoms with Gasteiger partial charge >= 0.3 is 5.97 Å². The fraction of sp³-hybridized carbons (Fsp3) is 0.700. The van der Waals surface area contributed by atoms with Gasteiger partial charge in [0.15, 0.2) is 0 Å². The van der Waals surface area contributed by atoms with Gasteiger partial charge in [0.1, 0.15) is 0 Å². The molecule has 1 heterocycles. The van der Waals surface area contributed by atoms with Crippen molar-refractivity contribution in [2.45, 2.75) is 32.7 Å². The third kappa shape index (κ3) is 3.89. The van der Waals surface area contributed by atoms with Gasteiger partial charge < -0.3 is 15.5 Å². The van der Waals surface area contributed by atoms with Crippen LogP contribution in [-0.2, 0) is 4.79 Å². The van der Waals surface area contributed by atoms with Gasteiger partial charge in [0, 0.05) is 25.2 Å². The Morgan fingerprint density at radius 2 is 1.93 bits per heavy atom. The van der Waals surface area contributed by atoms with Gasteiger partial charge in [-0.15, -0.1) is 0 Å². The highest BCUT2D eigenvalue weighted by Gasteiger charge is 2.16. The van der Waals surface area contributed by atoms with Crippen molar-refractivity contribution >= 4 is 5.97 Å². The fourth-order valence-corrected chi connectivity index (χ4v) is 1.65. The Labute approximate surface area is 84.5 Å². The normalized spacial score (nSPS) is 17.8. The maximum absolute atomic E-state index is 10.4. The monoisotopic (exact) mass is 201 g/mol. The lowest BCUT2D eigenvalue weighted by molar-refractivity contribution is -0.131. The molecule has 14 heavy (non-hydrogen) atoms. The Bertz CT molecular complexity index is 213. The highest BCUT2D eigenvalue weighted by Crippen LogP contribution is 2.17. The van der Waals surface area contributed by atoms with Crippen LogP contribution >= 0.6 is 0 Å². The summed E-state index contributed by atoms with van der Waals surface area (Å²) < 4.78 is 0. The highest BCUT2D eigenvalue weighted by molar-refractivity contribution is 5.80. The van der Waals surface area contributed by atoms with Gasteiger partial charge in [-0.25, -0.2) is 4.79 Å². The van der Waals surface area contributed by atoms with Gasteiger partial charge in [-0.3, -0.25) is 0 Å². The summed E-state index contributed by atoms with van der Waals surface area (Å²) in [6.07, 6.45) is 3.17.